The number of aryl methyl sites for hydroxylation is 1. The average Bonchev–Trinajstić information content (AvgIpc) is 3.30. The van der Waals surface area contributed by atoms with Gasteiger partial charge in [-0.05, 0) is 36.4 Å². The number of halogens is 2. The number of nitrogens with one attached hydrogen (secondary N) is 1. The van der Waals surface area contributed by atoms with E-state index in [4.69, 9.17) is 0 Å². The third-order valence-electron chi connectivity index (χ3n) is 3.76. The predicted molar refractivity (Wildman–Crippen MR) is 99.7 cm³/mol. The Morgan fingerprint density at radius 2 is 1.79 bits per heavy atom. The van der Waals surface area contributed by atoms with Gasteiger partial charge in [-0.15, -0.1) is 16.4 Å². The van der Waals surface area contributed by atoms with Gasteiger partial charge in [-0.1, -0.05) is 0 Å². The van der Waals surface area contributed by atoms with E-state index in [0.717, 1.165) is 6.20 Å². The first-order valence-electron chi connectivity index (χ1n) is 8.05. The molecule has 0 aliphatic rings. The third-order valence-corrected chi connectivity index (χ3v) is 4.52. The first-order valence-corrected chi connectivity index (χ1v) is 8.93. The summed E-state index contributed by atoms with van der Waals surface area (Å²) in [5.41, 5.74) is 1.99. The normalized spacial score (nSPS) is 10.8. The quantitative estimate of drug-likeness (QED) is 0.568. The Labute approximate surface area is 161 Å². The molecule has 3 aromatic heterocycles. The van der Waals surface area contributed by atoms with Crippen molar-refractivity contribution in [3.63, 3.8) is 0 Å². The summed E-state index contributed by atoms with van der Waals surface area (Å²) >= 11 is 1.20. The lowest BCUT2D eigenvalue weighted by molar-refractivity contribution is 0.102. The number of nitrogens with zero attached hydrogens (tertiary/aromatic N) is 5. The number of rotatable bonds is 4. The molecule has 0 spiro atoms. The molecule has 4 aromatic rings. The van der Waals surface area contributed by atoms with Crippen molar-refractivity contribution in [2.24, 2.45) is 7.05 Å². The summed E-state index contributed by atoms with van der Waals surface area (Å²) in [6, 6.07) is 8.42. The van der Waals surface area contributed by atoms with Crippen molar-refractivity contribution >= 4 is 22.4 Å². The van der Waals surface area contributed by atoms with E-state index < -0.39 is 11.7 Å². The van der Waals surface area contributed by atoms with Crippen LogP contribution in [0, 0.1) is 11.6 Å². The van der Waals surface area contributed by atoms with Gasteiger partial charge in [-0.25, -0.2) is 13.8 Å². The number of anilines is 1. The molecule has 0 radical (unpaired) electrons. The number of thiazole rings is 1. The lowest BCUT2D eigenvalue weighted by Crippen LogP contribution is -2.14. The highest BCUT2D eigenvalue weighted by Gasteiger charge is 2.20. The molecule has 0 bridgehead atoms. The fraction of sp³-hybridized carbons (Fsp3) is 0.0556. The molecule has 7 nitrogen and oxygen atoms in total. The van der Waals surface area contributed by atoms with Crippen LogP contribution in [0.4, 0.5) is 13.9 Å². The van der Waals surface area contributed by atoms with Gasteiger partial charge in [0.05, 0.1) is 11.9 Å². The topological polar surface area (TPSA) is 85.6 Å². The molecule has 0 atom stereocenters. The molecule has 0 fully saturated rings. The van der Waals surface area contributed by atoms with Gasteiger partial charge in [0, 0.05) is 18.0 Å². The van der Waals surface area contributed by atoms with E-state index in [1.54, 1.807) is 12.4 Å². The number of aromatic nitrogens is 5. The molecule has 28 heavy (non-hydrogen) atoms. The van der Waals surface area contributed by atoms with E-state index in [1.807, 2.05) is 0 Å². The molecule has 0 saturated heterocycles. The van der Waals surface area contributed by atoms with Crippen LogP contribution in [0.15, 0.2) is 48.0 Å². The van der Waals surface area contributed by atoms with Crippen LogP contribution in [0.25, 0.3) is 22.6 Å². The van der Waals surface area contributed by atoms with Crippen LogP contribution >= 0.6 is 11.3 Å². The van der Waals surface area contributed by atoms with Crippen LogP contribution in [0.5, 0.6) is 0 Å². The maximum Gasteiger partial charge on any atom is 0.280 e. The van der Waals surface area contributed by atoms with Crippen molar-refractivity contribution < 1.29 is 13.6 Å². The summed E-state index contributed by atoms with van der Waals surface area (Å²) in [6.45, 7) is 0. The molecule has 0 aliphatic carbocycles. The lowest BCUT2D eigenvalue weighted by Gasteiger charge is -2.01. The van der Waals surface area contributed by atoms with E-state index in [2.05, 4.69) is 25.5 Å². The Morgan fingerprint density at radius 3 is 2.50 bits per heavy atom. The average molecular weight is 398 g/mol. The lowest BCUT2D eigenvalue weighted by atomic mass is 10.1. The van der Waals surface area contributed by atoms with E-state index in [9.17, 15) is 13.6 Å². The van der Waals surface area contributed by atoms with Crippen molar-refractivity contribution in [2.45, 2.75) is 0 Å². The van der Waals surface area contributed by atoms with E-state index in [0.29, 0.717) is 27.8 Å². The van der Waals surface area contributed by atoms with Gasteiger partial charge in [-0.2, -0.15) is 9.90 Å². The molecule has 140 valence electrons. The summed E-state index contributed by atoms with van der Waals surface area (Å²) in [7, 11) is 1.59. The Balaban J connectivity index is 1.58. The molecular formula is C18H12F2N6OS. The number of benzene rings is 1. The molecule has 0 saturated carbocycles. The zero-order chi connectivity index (χ0) is 19.7. The Bertz CT molecular complexity index is 1140. The zero-order valence-corrected chi connectivity index (χ0v) is 15.2. The fourth-order valence-corrected chi connectivity index (χ4v) is 3.19. The van der Waals surface area contributed by atoms with Gasteiger partial charge in [0.15, 0.2) is 10.8 Å². The van der Waals surface area contributed by atoms with E-state index in [1.165, 1.54) is 52.5 Å². The van der Waals surface area contributed by atoms with Crippen LogP contribution in [0.1, 0.15) is 10.5 Å². The summed E-state index contributed by atoms with van der Waals surface area (Å²) < 4.78 is 26.2. The van der Waals surface area contributed by atoms with Crippen LogP contribution in [-0.4, -0.2) is 30.9 Å². The minimum atomic E-state index is -0.500. The fourth-order valence-electron chi connectivity index (χ4n) is 2.49. The second kappa shape index (κ2) is 7.24. The van der Waals surface area contributed by atoms with Crippen molar-refractivity contribution in [3.8, 4) is 22.6 Å². The summed E-state index contributed by atoms with van der Waals surface area (Å²) in [5.74, 6) is -1.33. The van der Waals surface area contributed by atoms with Crippen molar-refractivity contribution in [1.82, 2.24) is 25.0 Å². The van der Waals surface area contributed by atoms with Gasteiger partial charge in [0.2, 0.25) is 0 Å². The Morgan fingerprint density at radius 1 is 1.04 bits per heavy atom. The van der Waals surface area contributed by atoms with Crippen LogP contribution < -0.4 is 5.32 Å². The SMILES string of the molecule is Cn1nc(C(=O)Nc2nc(-c3ccc(F)cn3)cs2)c(-c2ccc(F)cc2)n1. The van der Waals surface area contributed by atoms with Crippen LogP contribution in [0.2, 0.25) is 0 Å². The second-order valence-corrected chi connectivity index (χ2v) is 6.61. The van der Waals surface area contributed by atoms with Gasteiger partial charge in [0.25, 0.3) is 5.91 Å². The molecule has 0 unspecified atom stereocenters. The summed E-state index contributed by atoms with van der Waals surface area (Å²) in [5, 5.41) is 13.0. The molecule has 10 heteroatoms. The third kappa shape index (κ3) is 3.62. The molecule has 4 rings (SSSR count). The standard InChI is InChI=1S/C18H12F2N6OS/c1-26-24-15(10-2-4-11(19)5-3-10)16(25-26)17(27)23-18-22-14(9-28-18)13-7-6-12(20)8-21-13/h2-9H,1H3,(H,22,23,27). The number of amides is 1. The number of hydrogen-bond donors (Lipinski definition) is 1. The van der Waals surface area contributed by atoms with Crippen molar-refractivity contribution in [2.75, 3.05) is 5.32 Å². The number of carbonyl (C=O) groups excluding carboxylic acids is 1. The van der Waals surface area contributed by atoms with Gasteiger partial charge >= 0.3 is 0 Å². The zero-order valence-electron chi connectivity index (χ0n) is 14.4. The van der Waals surface area contributed by atoms with Crippen molar-refractivity contribution in [3.05, 3.63) is 65.3 Å². The highest BCUT2D eigenvalue weighted by Crippen LogP contribution is 2.25. The van der Waals surface area contributed by atoms with E-state index in [-0.39, 0.29) is 11.5 Å². The highest BCUT2D eigenvalue weighted by molar-refractivity contribution is 7.14. The molecular weight excluding hydrogens is 386 g/mol. The minimum absolute atomic E-state index is 0.0887. The molecule has 0 aliphatic heterocycles. The summed E-state index contributed by atoms with van der Waals surface area (Å²) in [4.78, 5) is 22.2. The number of carbonyl (C=O) groups is 1. The maximum absolute atomic E-state index is 13.2. The van der Waals surface area contributed by atoms with E-state index >= 15 is 0 Å². The maximum atomic E-state index is 13.2. The smallest absolute Gasteiger partial charge is 0.280 e. The first kappa shape index (κ1) is 17.9. The van der Waals surface area contributed by atoms with Crippen LogP contribution in [-0.2, 0) is 7.05 Å². The van der Waals surface area contributed by atoms with Gasteiger partial charge in [-0.3, -0.25) is 15.1 Å². The van der Waals surface area contributed by atoms with Crippen molar-refractivity contribution in [1.29, 1.82) is 0 Å². The monoisotopic (exact) mass is 398 g/mol. The molecule has 1 N–H and O–H groups in total. The summed E-state index contributed by atoms with van der Waals surface area (Å²) in [6.07, 6.45) is 1.10. The second-order valence-electron chi connectivity index (χ2n) is 5.75. The highest BCUT2D eigenvalue weighted by atomic mass is 32.1. The molecule has 3 heterocycles. The van der Waals surface area contributed by atoms with Gasteiger partial charge < -0.3 is 0 Å². The Hall–Kier alpha value is -3.53. The van der Waals surface area contributed by atoms with Gasteiger partial charge in [0.1, 0.15) is 23.0 Å². The largest absolute Gasteiger partial charge is 0.296 e. The number of pyridine rings is 1. The Kier molecular flexibility index (Phi) is 4.62. The predicted octanol–water partition coefficient (Wildman–Crippen LogP) is 3.53. The molecule has 1 aromatic carbocycles. The first-order chi connectivity index (χ1) is 13.5. The molecule has 1 amide bonds. The van der Waals surface area contributed by atoms with Crippen LogP contribution in [0.3, 0.4) is 0 Å². The minimum Gasteiger partial charge on any atom is -0.296 e. The number of hydrogen-bond acceptors (Lipinski definition) is 6.